The first-order valence-corrected chi connectivity index (χ1v) is 10.6. The van der Waals surface area contributed by atoms with Gasteiger partial charge in [-0.3, -0.25) is 14.5 Å². The first kappa shape index (κ1) is 19.2. The van der Waals surface area contributed by atoms with E-state index in [1.807, 2.05) is 44.2 Å². The Morgan fingerprint density at radius 1 is 0.857 bits per heavy atom. The third-order valence-corrected chi connectivity index (χ3v) is 6.08. The number of hydrogen-bond donors (Lipinski definition) is 0. The third kappa shape index (κ3) is 3.60. The summed E-state index contributed by atoms with van der Waals surface area (Å²) in [5.74, 6) is -0.234. The summed E-state index contributed by atoms with van der Waals surface area (Å²) in [7, 11) is 0. The van der Waals surface area contributed by atoms with E-state index in [9.17, 15) is 9.59 Å². The highest BCUT2D eigenvalue weighted by atomic mass is 16.5. The number of benzene rings is 1. The Morgan fingerprint density at radius 3 is 2.07 bits per heavy atom. The molecular formula is C23H30N2O3. The number of amides is 2. The maximum Gasteiger partial charge on any atom is 0.278 e. The molecule has 1 aliphatic carbocycles. The molecule has 2 atom stereocenters. The Hall–Kier alpha value is -2.14. The Morgan fingerprint density at radius 2 is 1.46 bits per heavy atom. The van der Waals surface area contributed by atoms with Crippen LogP contribution in [-0.2, 0) is 14.3 Å². The van der Waals surface area contributed by atoms with Gasteiger partial charge >= 0.3 is 0 Å². The summed E-state index contributed by atoms with van der Waals surface area (Å²) in [5, 5.41) is 0. The maximum absolute atomic E-state index is 13.6. The van der Waals surface area contributed by atoms with Gasteiger partial charge in [0.1, 0.15) is 5.70 Å². The summed E-state index contributed by atoms with van der Waals surface area (Å²) in [6, 6.07) is 9.68. The Balaban J connectivity index is 1.74. The van der Waals surface area contributed by atoms with Crippen molar-refractivity contribution >= 4 is 17.4 Å². The van der Waals surface area contributed by atoms with E-state index < -0.39 is 0 Å². The second kappa shape index (κ2) is 8.08. The van der Waals surface area contributed by atoms with Crippen molar-refractivity contribution in [3.05, 3.63) is 41.6 Å². The van der Waals surface area contributed by atoms with Gasteiger partial charge in [0.05, 0.1) is 17.8 Å². The molecule has 4 rings (SSSR count). The van der Waals surface area contributed by atoms with E-state index in [4.69, 9.17) is 4.74 Å². The van der Waals surface area contributed by atoms with Crippen molar-refractivity contribution < 1.29 is 14.3 Å². The van der Waals surface area contributed by atoms with Crippen LogP contribution in [0.4, 0.5) is 0 Å². The summed E-state index contributed by atoms with van der Waals surface area (Å²) >= 11 is 0. The molecule has 2 heterocycles. The quantitative estimate of drug-likeness (QED) is 0.592. The van der Waals surface area contributed by atoms with Crippen LogP contribution in [0.25, 0.3) is 5.57 Å². The summed E-state index contributed by atoms with van der Waals surface area (Å²) in [6.45, 7) is 5.31. The lowest BCUT2D eigenvalue weighted by atomic mass is 10.0. The monoisotopic (exact) mass is 382 g/mol. The molecule has 150 valence electrons. The molecule has 2 aliphatic heterocycles. The van der Waals surface area contributed by atoms with Crippen LogP contribution in [-0.4, -0.2) is 53.0 Å². The lowest BCUT2D eigenvalue weighted by molar-refractivity contribution is -0.141. The van der Waals surface area contributed by atoms with Crippen molar-refractivity contribution in [2.24, 2.45) is 0 Å². The summed E-state index contributed by atoms with van der Waals surface area (Å²) in [4.78, 5) is 30.8. The molecule has 1 saturated heterocycles. The van der Waals surface area contributed by atoms with Gasteiger partial charge in [0.2, 0.25) is 0 Å². The molecule has 1 saturated carbocycles. The van der Waals surface area contributed by atoms with Crippen LogP contribution in [0.2, 0.25) is 0 Å². The van der Waals surface area contributed by atoms with E-state index in [-0.39, 0.29) is 30.1 Å². The van der Waals surface area contributed by atoms with Crippen molar-refractivity contribution in [3.8, 4) is 0 Å². The molecule has 0 bridgehead atoms. The highest BCUT2D eigenvalue weighted by Gasteiger charge is 2.45. The molecule has 5 nitrogen and oxygen atoms in total. The van der Waals surface area contributed by atoms with Gasteiger partial charge in [-0.25, -0.2) is 0 Å². The van der Waals surface area contributed by atoms with Gasteiger partial charge in [0.15, 0.2) is 0 Å². The molecule has 5 heteroatoms. The molecule has 1 aromatic rings. The zero-order valence-electron chi connectivity index (χ0n) is 16.9. The summed E-state index contributed by atoms with van der Waals surface area (Å²) in [5.41, 5.74) is 1.97. The van der Waals surface area contributed by atoms with Gasteiger partial charge in [-0.15, -0.1) is 0 Å². The third-order valence-electron chi connectivity index (χ3n) is 6.08. The van der Waals surface area contributed by atoms with Gasteiger partial charge in [-0.2, -0.15) is 0 Å². The van der Waals surface area contributed by atoms with Crippen LogP contribution in [0.1, 0.15) is 57.9 Å². The van der Waals surface area contributed by atoms with Crippen molar-refractivity contribution in [2.45, 2.75) is 70.6 Å². The number of morpholine rings is 1. The molecule has 2 fully saturated rings. The molecule has 0 aromatic heterocycles. The van der Waals surface area contributed by atoms with Crippen molar-refractivity contribution in [1.29, 1.82) is 0 Å². The van der Waals surface area contributed by atoms with Crippen LogP contribution in [0, 0.1) is 0 Å². The normalized spacial score (nSPS) is 27.5. The lowest BCUT2D eigenvalue weighted by Crippen LogP contribution is -2.48. The highest BCUT2D eigenvalue weighted by molar-refractivity contribution is 6.35. The number of rotatable bonds is 3. The number of hydrogen-bond acceptors (Lipinski definition) is 4. The number of carbonyl (C=O) groups is 2. The van der Waals surface area contributed by atoms with Crippen LogP contribution < -0.4 is 0 Å². The minimum Gasteiger partial charge on any atom is -0.372 e. The number of carbonyl (C=O) groups excluding carboxylic acids is 2. The van der Waals surface area contributed by atoms with Crippen LogP contribution >= 0.6 is 0 Å². The smallest absolute Gasteiger partial charge is 0.278 e. The average Bonchev–Trinajstić information content (AvgIpc) is 2.83. The summed E-state index contributed by atoms with van der Waals surface area (Å²) < 4.78 is 5.86. The van der Waals surface area contributed by atoms with E-state index in [1.54, 1.807) is 4.90 Å². The summed E-state index contributed by atoms with van der Waals surface area (Å²) in [6.07, 6.45) is 6.46. The van der Waals surface area contributed by atoms with E-state index in [0.717, 1.165) is 31.2 Å². The topological polar surface area (TPSA) is 49.9 Å². The van der Waals surface area contributed by atoms with E-state index in [2.05, 4.69) is 4.90 Å². The maximum atomic E-state index is 13.6. The Bertz CT molecular complexity index is 755. The lowest BCUT2D eigenvalue weighted by Gasteiger charge is -2.37. The molecule has 0 N–H and O–H groups in total. The Kier molecular flexibility index (Phi) is 5.54. The first-order valence-electron chi connectivity index (χ1n) is 10.6. The highest BCUT2D eigenvalue weighted by Crippen LogP contribution is 2.36. The average molecular weight is 383 g/mol. The molecule has 1 aromatic carbocycles. The minimum absolute atomic E-state index is 0.0228. The van der Waals surface area contributed by atoms with Crippen LogP contribution in [0.5, 0.6) is 0 Å². The number of nitrogens with zero attached hydrogens (tertiary/aromatic N) is 2. The molecular weight excluding hydrogens is 352 g/mol. The van der Waals surface area contributed by atoms with Gasteiger partial charge < -0.3 is 9.64 Å². The Labute approximate surface area is 167 Å². The zero-order valence-corrected chi connectivity index (χ0v) is 16.9. The minimum atomic E-state index is -0.120. The fourth-order valence-electron chi connectivity index (χ4n) is 4.90. The second-order valence-electron chi connectivity index (χ2n) is 8.38. The molecule has 2 amide bonds. The van der Waals surface area contributed by atoms with E-state index in [1.165, 1.54) is 12.8 Å². The number of imide groups is 1. The van der Waals surface area contributed by atoms with Crippen molar-refractivity contribution in [3.63, 3.8) is 0 Å². The van der Waals surface area contributed by atoms with Crippen LogP contribution in [0.15, 0.2) is 36.0 Å². The van der Waals surface area contributed by atoms with Gasteiger partial charge in [-0.05, 0) is 32.3 Å². The fraction of sp³-hybridized carbons (Fsp3) is 0.565. The fourth-order valence-corrected chi connectivity index (χ4v) is 4.90. The van der Waals surface area contributed by atoms with E-state index >= 15 is 0 Å². The number of ether oxygens (including phenoxy) is 1. The first-order chi connectivity index (χ1) is 13.6. The predicted molar refractivity (Wildman–Crippen MR) is 108 cm³/mol. The standard InChI is InChI=1S/C23H30N2O3/c1-16-14-24(15-17(2)28-16)21-20(18-10-6-5-7-11-18)22(26)25(23(21)27)19-12-8-3-4-9-13-19/h5-7,10-11,16-17,19H,3-4,8-9,12-15H2,1-2H3. The van der Waals surface area contributed by atoms with Gasteiger partial charge in [0.25, 0.3) is 11.8 Å². The van der Waals surface area contributed by atoms with Crippen molar-refractivity contribution in [2.75, 3.05) is 13.1 Å². The largest absolute Gasteiger partial charge is 0.372 e. The molecule has 3 aliphatic rings. The predicted octanol–water partition coefficient (Wildman–Crippen LogP) is 3.60. The van der Waals surface area contributed by atoms with Crippen LogP contribution in [0.3, 0.4) is 0 Å². The SMILES string of the molecule is CC1CN(C2=C(c3ccccc3)C(=O)N(C3CCCCCC3)C2=O)CC(C)O1. The second-order valence-corrected chi connectivity index (χ2v) is 8.38. The molecule has 0 radical (unpaired) electrons. The van der Waals surface area contributed by atoms with Gasteiger partial charge in [0, 0.05) is 19.1 Å². The van der Waals surface area contributed by atoms with E-state index in [0.29, 0.717) is 24.4 Å². The van der Waals surface area contributed by atoms with Gasteiger partial charge in [-0.1, -0.05) is 56.0 Å². The molecule has 2 unspecified atom stereocenters. The van der Waals surface area contributed by atoms with Crippen molar-refractivity contribution in [1.82, 2.24) is 9.80 Å². The molecule has 28 heavy (non-hydrogen) atoms. The molecule has 0 spiro atoms. The zero-order chi connectivity index (χ0) is 19.7.